The first-order chi connectivity index (χ1) is 13.6. The number of nitrogens with one attached hydrogen (secondary N) is 1. The number of nitrogens with zero attached hydrogens (tertiary/aromatic N) is 1. The number of carbonyl (C=O) groups excluding carboxylic acids is 2. The SMILES string of the molecule is CNC(=O)CC1CC2(CCN(C(=O)C3CCOCC3)CC2)Oc2ccccc21. The van der Waals surface area contributed by atoms with Crippen LogP contribution >= 0.6 is 0 Å². The van der Waals surface area contributed by atoms with Crippen molar-refractivity contribution in [2.75, 3.05) is 33.4 Å². The first-order valence-electron chi connectivity index (χ1n) is 10.5. The molecule has 1 aromatic rings. The molecule has 4 rings (SSSR count). The first kappa shape index (κ1) is 19.2. The molecule has 2 fully saturated rings. The lowest BCUT2D eigenvalue weighted by molar-refractivity contribution is -0.142. The van der Waals surface area contributed by atoms with E-state index in [-0.39, 0.29) is 29.3 Å². The van der Waals surface area contributed by atoms with Gasteiger partial charge in [-0.2, -0.15) is 0 Å². The molecule has 1 unspecified atom stereocenters. The molecule has 6 heteroatoms. The molecular weight excluding hydrogens is 356 g/mol. The Morgan fingerprint density at radius 1 is 1.18 bits per heavy atom. The molecular formula is C22H30N2O4. The zero-order valence-electron chi connectivity index (χ0n) is 16.6. The minimum atomic E-state index is -0.278. The summed E-state index contributed by atoms with van der Waals surface area (Å²) in [4.78, 5) is 26.9. The van der Waals surface area contributed by atoms with Crippen molar-refractivity contribution in [3.63, 3.8) is 0 Å². The van der Waals surface area contributed by atoms with Crippen LogP contribution in [0.3, 0.4) is 0 Å². The van der Waals surface area contributed by atoms with Gasteiger partial charge in [-0.05, 0) is 30.9 Å². The Bertz CT molecular complexity index is 721. The summed E-state index contributed by atoms with van der Waals surface area (Å²) in [6, 6.07) is 8.07. The molecule has 3 aliphatic rings. The van der Waals surface area contributed by atoms with Gasteiger partial charge in [0.05, 0.1) is 0 Å². The second-order valence-corrected chi connectivity index (χ2v) is 8.31. The maximum absolute atomic E-state index is 12.8. The second kappa shape index (κ2) is 8.11. The Kier molecular flexibility index (Phi) is 5.58. The number of fused-ring (bicyclic) bond motifs is 1. The van der Waals surface area contributed by atoms with Crippen molar-refractivity contribution in [3.8, 4) is 5.75 Å². The van der Waals surface area contributed by atoms with Crippen LogP contribution in [0.2, 0.25) is 0 Å². The minimum absolute atomic E-state index is 0.0592. The molecule has 1 spiro atoms. The van der Waals surface area contributed by atoms with Gasteiger partial charge in [0.15, 0.2) is 0 Å². The van der Waals surface area contributed by atoms with Gasteiger partial charge in [-0.1, -0.05) is 18.2 Å². The third-order valence-corrected chi connectivity index (χ3v) is 6.57. The molecule has 2 saturated heterocycles. The Labute approximate surface area is 166 Å². The van der Waals surface area contributed by atoms with Crippen LogP contribution in [0, 0.1) is 5.92 Å². The third kappa shape index (κ3) is 3.88. The highest BCUT2D eigenvalue weighted by molar-refractivity contribution is 5.79. The summed E-state index contributed by atoms with van der Waals surface area (Å²) in [6.45, 7) is 2.83. The summed E-state index contributed by atoms with van der Waals surface area (Å²) < 4.78 is 11.9. The number of para-hydroxylation sites is 1. The Hall–Kier alpha value is -2.08. The second-order valence-electron chi connectivity index (χ2n) is 8.31. The number of carbonyl (C=O) groups is 2. The lowest BCUT2D eigenvalue weighted by atomic mass is 9.76. The van der Waals surface area contributed by atoms with Crippen LogP contribution in [0.25, 0.3) is 0 Å². The van der Waals surface area contributed by atoms with Crippen LogP contribution < -0.4 is 10.1 Å². The highest BCUT2D eigenvalue weighted by Crippen LogP contribution is 2.46. The van der Waals surface area contributed by atoms with Crippen molar-refractivity contribution in [1.82, 2.24) is 10.2 Å². The van der Waals surface area contributed by atoms with Crippen LogP contribution in [0.4, 0.5) is 0 Å². The summed E-state index contributed by atoms with van der Waals surface area (Å²) in [5.41, 5.74) is 0.844. The third-order valence-electron chi connectivity index (χ3n) is 6.57. The Morgan fingerprint density at radius 2 is 1.89 bits per heavy atom. The van der Waals surface area contributed by atoms with E-state index in [0.717, 1.165) is 56.5 Å². The van der Waals surface area contributed by atoms with E-state index in [1.807, 2.05) is 23.1 Å². The van der Waals surface area contributed by atoms with Crippen LogP contribution in [0.5, 0.6) is 5.75 Å². The Balaban J connectivity index is 1.45. The zero-order chi connectivity index (χ0) is 19.6. The molecule has 1 atom stereocenters. The molecule has 1 N–H and O–H groups in total. The van der Waals surface area contributed by atoms with Crippen LogP contribution in [0.1, 0.15) is 50.0 Å². The van der Waals surface area contributed by atoms with Gasteiger partial charge in [0.25, 0.3) is 0 Å². The fraction of sp³-hybridized carbons (Fsp3) is 0.636. The first-order valence-corrected chi connectivity index (χ1v) is 10.5. The lowest BCUT2D eigenvalue weighted by Gasteiger charge is -2.47. The molecule has 0 bridgehead atoms. The minimum Gasteiger partial charge on any atom is -0.487 e. The fourth-order valence-electron chi connectivity index (χ4n) is 4.90. The summed E-state index contributed by atoms with van der Waals surface area (Å²) in [5.74, 6) is 1.49. The van der Waals surface area contributed by atoms with E-state index >= 15 is 0 Å². The number of benzene rings is 1. The molecule has 6 nitrogen and oxygen atoms in total. The van der Waals surface area contributed by atoms with Gasteiger partial charge in [0, 0.05) is 64.4 Å². The summed E-state index contributed by atoms with van der Waals surface area (Å²) in [6.07, 6.45) is 4.61. The van der Waals surface area contributed by atoms with Crippen molar-refractivity contribution >= 4 is 11.8 Å². The standard InChI is InChI=1S/C22H30N2O4/c1-23-20(25)14-17-15-22(28-19-5-3-2-4-18(17)19)8-10-24(11-9-22)21(26)16-6-12-27-13-7-16/h2-5,16-17H,6-15H2,1H3,(H,23,25). The average Bonchev–Trinajstić information content (AvgIpc) is 2.74. The molecule has 0 aliphatic carbocycles. The quantitative estimate of drug-likeness (QED) is 0.867. The fourth-order valence-corrected chi connectivity index (χ4v) is 4.90. The number of ether oxygens (including phenoxy) is 2. The highest BCUT2D eigenvalue weighted by Gasteiger charge is 2.44. The van der Waals surface area contributed by atoms with Gasteiger partial charge >= 0.3 is 0 Å². The number of amides is 2. The average molecular weight is 386 g/mol. The van der Waals surface area contributed by atoms with Gasteiger partial charge in [0.1, 0.15) is 11.4 Å². The number of rotatable bonds is 3. The van der Waals surface area contributed by atoms with E-state index in [2.05, 4.69) is 11.4 Å². The van der Waals surface area contributed by atoms with Gasteiger partial charge in [-0.25, -0.2) is 0 Å². The molecule has 1 aromatic carbocycles. The number of likely N-dealkylation sites (tertiary alicyclic amines) is 1. The molecule has 0 saturated carbocycles. The molecule has 152 valence electrons. The van der Waals surface area contributed by atoms with Gasteiger partial charge in [-0.3, -0.25) is 9.59 Å². The van der Waals surface area contributed by atoms with Gasteiger partial charge in [0.2, 0.25) is 11.8 Å². The van der Waals surface area contributed by atoms with Crippen molar-refractivity contribution in [2.45, 2.75) is 50.0 Å². The van der Waals surface area contributed by atoms with Crippen molar-refractivity contribution in [2.24, 2.45) is 5.92 Å². The van der Waals surface area contributed by atoms with Crippen molar-refractivity contribution in [3.05, 3.63) is 29.8 Å². The maximum Gasteiger partial charge on any atom is 0.225 e. The lowest BCUT2D eigenvalue weighted by Crippen LogP contribution is -2.53. The predicted octanol–water partition coefficient (Wildman–Crippen LogP) is 2.48. The van der Waals surface area contributed by atoms with E-state index in [1.54, 1.807) is 7.05 Å². The van der Waals surface area contributed by atoms with E-state index in [0.29, 0.717) is 19.6 Å². The van der Waals surface area contributed by atoms with E-state index in [1.165, 1.54) is 0 Å². The topological polar surface area (TPSA) is 67.9 Å². The molecule has 2 amide bonds. The molecule has 0 aromatic heterocycles. The maximum atomic E-state index is 12.8. The smallest absolute Gasteiger partial charge is 0.225 e. The van der Waals surface area contributed by atoms with Crippen molar-refractivity contribution in [1.29, 1.82) is 0 Å². The van der Waals surface area contributed by atoms with Crippen LogP contribution in [-0.4, -0.2) is 55.7 Å². The predicted molar refractivity (Wildman–Crippen MR) is 105 cm³/mol. The largest absolute Gasteiger partial charge is 0.487 e. The van der Waals surface area contributed by atoms with Crippen LogP contribution in [0.15, 0.2) is 24.3 Å². The normalized spacial score (nSPS) is 24.3. The molecule has 28 heavy (non-hydrogen) atoms. The summed E-state index contributed by atoms with van der Waals surface area (Å²) in [7, 11) is 1.68. The molecule has 3 aliphatic heterocycles. The monoisotopic (exact) mass is 386 g/mol. The van der Waals surface area contributed by atoms with E-state index in [9.17, 15) is 9.59 Å². The zero-order valence-corrected chi connectivity index (χ0v) is 16.6. The number of piperidine rings is 1. The van der Waals surface area contributed by atoms with Crippen molar-refractivity contribution < 1.29 is 19.1 Å². The van der Waals surface area contributed by atoms with Gasteiger partial charge in [-0.15, -0.1) is 0 Å². The van der Waals surface area contributed by atoms with E-state index < -0.39 is 0 Å². The Morgan fingerprint density at radius 3 is 2.61 bits per heavy atom. The van der Waals surface area contributed by atoms with Crippen LogP contribution in [-0.2, 0) is 14.3 Å². The number of hydrogen-bond acceptors (Lipinski definition) is 4. The number of hydrogen-bond donors (Lipinski definition) is 1. The van der Waals surface area contributed by atoms with Gasteiger partial charge < -0.3 is 19.7 Å². The van der Waals surface area contributed by atoms with E-state index in [4.69, 9.17) is 9.47 Å². The highest BCUT2D eigenvalue weighted by atomic mass is 16.5. The summed E-state index contributed by atoms with van der Waals surface area (Å²) in [5, 5.41) is 2.75. The molecule has 0 radical (unpaired) electrons. The summed E-state index contributed by atoms with van der Waals surface area (Å²) >= 11 is 0. The molecule has 3 heterocycles.